The molecule has 0 unspecified atom stereocenters. The Kier molecular flexibility index (Phi) is 11.0. The van der Waals surface area contributed by atoms with Crippen LogP contribution in [0.1, 0.15) is 63.1 Å². The maximum Gasteiger partial charge on any atom is 0.287 e. The molecule has 0 spiro atoms. The molecule has 2 fully saturated rings. The van der Waals surface area contributed by atoms with Gasteiger partial charge in [-0.3, -0.25) is 9.59 Å². The molecule has 10 nitrogen and oxygen atoms in total. The summed E-state index contributed by atoms with van der Waals surface area (Å²) in [5, 5.41) is 22.7. The summed E-state index contributed by atoms with van der Waals surface area (Å²) in [4.78, 5) is 45.1. The number of piperidine rings is 2. The standard InChI is InChI=1S/C47H47N6O4/c54-44(52-25-19-46(56,20-26-52)30-35-9-3-1-4-10-35)40-14-8-7-13-38(40)43-18-24-51(34-50-43)32-37-15-16-39(42-17-23-48-33-49-42)41(29-37)45(55)53-27-21-47(57,22-28-53)31-36-11-5-2-6-12-36/h1-18,23-24,29,33-34,56-57H,19-22,25-28,30-32H2/q+1. The summed E-state index contributed by atoms with van der Waals surface area (Å²) in [6.07, 6.45) is 9.99. The molecule has 288 valence electrons. The van der Waals surface area contributed by atoms with Crippen LogP contribution in [-0.2, 0) is 19.4 Å². The lowest BCUT2D eigenvalue weighted by Gasteiger charge is -2.38. The highest BCUT2D eigenvalue weighted by atomic mass is 16.3. The van der Waals surface area contributed by atoms with Crippen molar-refractivity contribution in [2.45, 2.75) is 56.3 Å². The largest absolute Gasteiger partial charge is 0.389 e. The van der Waals surface area contributed by atoms with E-state index in [-0.39, 0.29) is 11.8 Å². The van der Waals surface area contributed by atoms with Gasteiger partial charge in [0.15, 0.2) is 5.69 Å². The fourth-order valence-corrected chi connectivity index (χ4v) is 8.18. The number of carbonyl (C=O) groups is 2. The molecule has 57 heavy (non-hydrogen) atoms. The van der Waals surface area contributed by atoms with E-state index in [0.717, 1.165) is 27.8 Å². The number of rotatable bonds is 10. The maximum absolute atomic E-state index is 14.2. The number of hydrogen-bond acceptors (Lipinski definition) is 7. The van der Waals surface area contributed by atoms with Crippen molar-refractivity contribution in [1.82, 2.24) is 24.8 Å². The van der Waals surface area contributed by atoms with Crippen LogP contribution in [0, 0.1) is 0 Å². The van der Waals surface area contributed by atoms with Gasteiger partial charge < -0.3 is 20.0 Å². The summed E-state index contributed by atoms with van der Waals surface area (Å²) < 4.78 is 1.95. The first-order valence-electron chi connectivity index (χ1n) is 19.7. The Balaban J connectivity index is 0.960. The van der Waals surface area contributed by atoms with Crippen LogP contribution < -0.4 is 4.57 Å². The Bertz CT molecular complexity index is 2310. The van der Waals surface area contributed by atoms with Gasteiger partial charge in [0, 0.05) is 68.0 Å². The number of hydrogen-bond donors (Lipinski definition) is 2. The summed E-state index contributed by atoms with van der Waals surface area (Å²) in [6, 6.07) is 37.1. The van der Waals surface area contributed by atoms with Crippen molar-refractivity contribution in [3.63, 3.8) is 0 Å². The Hall–Kier alpha value is -6.10. The van der Waals surface area contributed by atoms with E-state index in [0.29, 0.717) is 93.8 Å². The Morgan fingerprint density at radius 2 is 1.14 bits per heavy atom. The number of likely N-dealkylation sites (tertiary alicyclic amines) is 2. The van der Waals surface area contributed by atoms with Crippen molar-refractivity contribution in [3.05, 3.63) is 168 Å². The van der Waals surface area contributed by atoms with Gasteiger partial charge in [0.05, 0.1) is 28.7 Å². The van der Waals surface area contributed by atoms with Gasteiger partial charge in [0.25, 0.3) is 18.1 Å². The highest BCUT2D eigenvalue weighted by Crippen LogP contribution is 2.31. The molecule has 8 rings (SSSR count). The van der Waals surface area contributed by atoms with E-state index in [1.807, 2.05) is 130 Å². The average Bonchev–Trinajstić information content (AvgIpc) is 3.25. The van der Waals surface area contributed by atoms with Crippen molar-refractivity contribution in [2.24, 2.45) is 0 Å². The molecule has 4 heterocycles. The smallest absolute Gasteiger partial charge is 0.287 e. The third kappa shape index (κ3) is 8.83. The van der Waals surface area contributed by atoms with Crippen LogP contribution in [-0.4, -0.2) is 84.2 Å². The van der Waals surface area contributed by atoms with Crippen LogP contribution in [0.3, 0.4) is 0 Å². The highest BCUT2D eigenvalue weighted by molar-refractivity contribution is 6.01. The lowest BCUT2D eigenvalue weighted by atomic mass is 9.85. The molecular weight excluding hydrogens is 713 g/mol. The minimum Gasteiger partial charge on any atom is -0.389 e. The Labute approximate surface area is 333 Å². The molecule has 2 aliphatic rings. The summed E-state index contributed by atoms with van der Waals surface area (Å²) in [6.45, 7) is 2.33. The molecule has 6 aromatic rings. The van der Waals surface area contributed by atoms with E-state index >= 15 is 0 Å². The first-order chi connectivity index (χ1) is 27.7. The first kappa shape index (κ1) is 37.8. The number of amides is 2. The molecule has 2 saturated heterocycles. The van der Waals surface area contributed by atoms with Gasteiger partial charge in [-0.25, -0.2) is 14.5 Å². The summed E-state index contributed by atoms with van der Waals surface area (Å²) in [5.74, 6) is -0.164. The minimum absolute atomic E-state index is 0.0681. The first-order valence-corrected chi connectivity index (χ1v) is 19.7. The van der Waals surface area contributed by atoms with Crippen LogP contribution in [0.5, 0.6) is 0 Å². The topological polar surface area (TPSA) is 124 Å². The van der Waals surface area contributed by atoms with Crippen LogP contribution in [0.4, 0.5) is 0 Å². The monoisotopic (exact) mass is 759 g/mol. The number of nitrogens with zero attached hydrogens (tertiary/aromatic N) is 6. The Morgan fingerprint density at radius 3 is 1.70 bits per heavy atom. The molecule has 0 atom stereocenters. The van der Waals surface area contributed by atoms with Crippen molar-refractivity contribution in [3.8, 4) is 22.5 Å². The number of benzene rings is 4. The molecule has 2 aliphatic heterocycles. The van der Waals surface area contributed by atoms with Crippen LogP contribution in [0.15, 0.2) is 140 Å². The molecule has 4 aromatic carbocycles. The number of aromatic nitrogens is 4. The van der Waals surface area contributed by atoms with Gasteiger partial charge in [-0.15, -0.1) is 0 Å². The molecule has 0 saturated carbocycles. The predicted octanol–water partition coefficient (Wildman–Crippen LogP) is 5.96. The lowest BCUT2D eigenvalue weighted by Crippen LogP contribution is -2.47. The normalized spacial score (nSPS) is 16.2. The summed E-state index contributed by atoms with van der Waals surface area (Å²) >= 11 is 0. The lowest BCUT2D eigenvalue weighted by molar-refractivity contribution is -0.691. The van der Waals surface area contributed by atoms with Crippen LogP contribution >= 0.6 is 0 Å². The summed E-state index contributed by atoms with van der Waals surface area (Å²) in [7, 11) is 0. The van der Waals surface area contributed by atoms with E-state index in [1.54, 1.807) is 18.6 Å². The molecule has 0 bridgehead atoms. The molecular formula is C47H47N6O4+. The van der Waals surface area contributed by atoms with Crippen LogP contribution in [0.2, 0.25) is 0 Å². The van der Waals surface area contributed by atoms with E-state index in [9.17, 15) is 19.8 Å². The second kappa shape index (κ2) is 16.6. The SMILES string of the molecule is O=C(c1ccccc1-c1cc[n+](Cc2ccc(-c3ccncn3)c(C(=O)N3CCC(O)(Cc4ccccc4)CC3)c2)cn1)N1CCC(O)(Cc2ccccc2)CC1. The fourth-order valence-electron chi connectivity index (χ4n) is 8.18. The van der Waals surface area contributed by atoms with Gasteiger partial charge >= 0.3 is 0 Å². The van der Waals surface area contributed by atoms with E-state index in [2.05, 4.69) is 9.97 Å². The zero-order valence-electron chi connectivity index (χ0n) is 32.0. The summed E-state index contributed by atoms with van der Waals surface area (Å²) in [5.41, 5.74) is 5.36. The Morgan fingerprint density at radius 1 is 0.596 bits per heavy atom. The highest BCUT2D eigenvalue weighted by Gasteiger charge is 2.36. The van der Waals surface area contributed by atoms with Crippen molar-refractivity contribution >= 4 is 11.8 Å². The predicted molar refractivity (Wildman–Crippen MR) is 217 cm³/mol. The van der Waals surface area contributed by atoms with Crippen molar-refractivity contribution < 1.29 is 24.4 Å². The third-order valence-electron chi connectivity index (χ3n) is 11.5. The fraction of sp³-hybridized carbons (Fsp3) is 0.277. The minimum atomic E-state index is -0.859. The van der Waals surface area contributed by atoms with Gasteiger partial charge in [-0.1, -0.05) is 84.9 Å². The molecule has 2 N–H and O–H groups in total. The molecule has 0 radical (unpaired) electrons. The number of aliphatic hydroxyl groups is 2. The third-order valence-corrected chi connectivity index (χ3v) is 11.5. The maximum atomic E-state index is 14.2. The van der Waals surface area contributed by atoms with Crippen molar-refractivity contribution in [2.75, 3.05) is 26.2 Å². The number of carbonyl (C=O) groups excluding carboxylic acids is 2. The second-order valence-corrected chi connectivity index (χ2v) is 15.5. The van der Waals surface area contributed by atoms with Gasteiger partial charge in [0.2, 0.25) is 0 Å². The molecule has 0 aliphatic carbocycles. The molecule has 10 heteroatoms. The zero-order chi connectivity index (χ0) is 39.2. The molecule has 2 amide bonds. The van der Waals surface area contributed by atoms with Crippen molar-refractivity contribution in [1.29, 1.82) is 0 Å². The van der Waals surface area contributed by atoms with E-state index in [4.69, 9.17) is 4.98 Å². The zero-order valence-corrected chi connectivity index (χ0v) is 32.0. The molecule has 2 aromatic heterocycles. The second-order valence-electron chi connectivity index (χ2n) is 15.5. The van der Waals surface area contributed by atoms with E-state index in [1.165, 1.54) is 6.33 Å². The van der Waals surface area contributed by atoms with Gasteiger partial charge in [0.1, 0.15) is 12.9 Å². The van der Waals surface area contributed by atoms with Gasteiger partial charge in [-0.05, 0) is 71.6 Å². The quantitative estimate of drug-likeness (QED) is 0.165. The average molecular weight is 760 g/mol. The van der Waals surface area contributed by atoms with E-state index < -0.39 is 11.2 Å². The van der Waals surface area contributed by atoms with Gasteiger partial charge in [-0.2, -0.15) is 0 Å². The van der Waals surface area contributed by atoms with Crippen LogP contribution in [0.25, 0.3) is 22.5 Å².